The van der Waals surface area contributed by atoms with Crippen LogP contribution >= 0.6 is 0 Å². The molecule has 1 amide bonds. The van der Waals surface area contributed by atoms with Crippen molar-refractivity contribution in [3.63, 3.8) is 0 Å². The molecule has 3 N–H and O–H groups in total. The van der Waals surface area contributed by atoms with Crippen molar-refractivity contribution in [2.75, 3.05) is 26.7 Å². The van der Waals surface area contributed by atoms with Gasteiger partial charge < -0.3 is 15.2 Å². The monoisotopic (exact) mass is 316 g/mol. The molecule has 0 aliphatic carbocycles. The predicted molar refractivity (Wildman–Crippen MR) is 91.9 cm³/mol. The Bertz CT molecular complexity index is 691. The molecule has 124 valence electrons. The van der Waals surface area contributed by atoms with Gasteiger partial charge in [-0.25, -0.2) is 0 Å². The molecule has 2 aromatic rings. The largest absolute Gasteiger partial charge is 0.358 e. The van der Waals surface area contributed by atoms with Crippen LogP contribution in [0.1, 0.15) is 35.8 Å². The first-order valence-electron chi connectivity index (χ1n) is 8.25. The summed E-state index contributed by atoms with van der Waals surface area (Å²) in [7, 11) is 2.10. The number of unbranched alkanes of at least 4 members (excludes halogenated alkanes) is 1. The fraction of sp³-hybridized carbons (Fsp3) is 0.444. The van der Waals surface area contributed by atoms with Crippen molar-refractivity contribution in [3.8, 4) is 0 Å². The van der Waals surface area contributed by atoms with Gasteiger partial charge in [-0.1, -0.05) is 31.5 Å². The normalized spacial score (nSPS) is 12.3. The van der Waals surface area contributed by atoms with E-state index in [4.69, 9.17) is 0 Å². The molecular weight excluding hydrogens is 290 g/mol. The van der Waals surface area contributed by atoms with Crippen molar-refractivity contribution in [1.29, 1.82) is 0 Å². The van der Waals surface area contributed by atoms with Crippen molar-refractivity contribution in [3.05, 3.63) is 35.5 Å². The third-order valence-corrected chi connectivity index (χ3v) is 4.12. The molecule has 0 bridgehead atoms. The minimum Gasteiger partial charge on any atom is -0.358 e. The molecule has 0 fully saturated rings. The zero-order valence-electron chi connectivity index (χ0n) is 14.2. The molecule has 1 heterocycles. The van der Waals surface area contributed by atoms with Crippen LogP contribution in [-0.4, -0.2) is 43.4 Å². The van der Waals surface area contributed by atoms with Crippen LogP contribution in [0.25, 0.3) is 10.9 Å². The van der Waals surface area contributed by atoms with Gasteiger partial charge in [0.1, 0.15) is 0 Å². The summed E-state index contributed by atoms with van der Waals surface area (Å²) in [6.45, 7) is 6.41. The molecular formula is C18H26N3O2+. The number of carbonyl (C=O) groups excluding carboxylic acids is 2. The minimum atomic E-state index is -0.527. The number of carbonyl (C=O) groups is 2. The van der Waals surface area contributed by atoms with Gasteiger partial charge in [0.05, 0.1) is 32.2 Å². The number of aromatic nitrogens is 1. The average Bonchev–Trinajstić information content (AvgIpc) is 2.87. The molecule has 23 heavy (non-hydrogen) atoms. The Hall–Kier alpha value is -2.14. The highest BCUT2D eigenvalue weighted by Crippen LogP contribution is 2.22. The summed E-state index contributed by atoms with van der Waals surface area (Å²) in [6.07, 6.45) is 2.34. The maximum Gasteiger partial charge on any atom is 0.292 e. The van der Waals surface area contributed by atoms with Crippen LogP contribution in [-0.2, 0) is 4.79 Å². The van der Waals surface area contributed by atoms with Crippen LogP contribution in [0, 0.1) is 6.92 Å². The van der Waals surface area contributed by atoms with E-state index < -0.39 is 11.7 Å². The summed E-state index contributed by atoms with van der Waals surface area (Å²) in [5.74, 6) is -0.993. The van der Waals surface area contributed by atoms with Gasteiger partial charge in [0.2, 0.25) is 0 Å². The Kier molecular flexibility index (Phi) is 5.93. The van der Waals surface area contributed by atoms with E-state index in [1.165, 1.54) is 17.7 Å². The molecule has 5 nitrogen and oxygen atoms in total. The molecule has 0 radical (unpaired) electrons. The molecule has 0 saturated carbocycles. The number of aryl methyl sites for hydroxylation is 1. The highest BCUT2D eigenvalue weighted by atomic mass is 16.2. The van der Waals surface area contributed by atoms with Gasteiger partial charge in [-0.2, -0.15) is 0 Å². The first-order chi connectivity index (χ1) is 11.0. The van der Waals surface area contributed by atoms with E-state index in [1.807, 2.05) is 31.2 Å². The highest BCUT2D eigenvalue weighted by Gasteiger charge is 2.22. The second-order valence-corrected chi connectivity index (χ2v) is 6.07. The topological polar surface area (TPSA) is 66.4 Å². The summed E-state index contributed by atoms with van der Waals surface area (Å²) < 4.78 is 0. The van der Waals surface area contributed by atoms with E-state index >= 15 is 0 Å². The summed E-state index contributed by atoms with van der Waals surface area (Å²) >= 11 is 0. The third-order valence-electron chi connectivity index (χ3n) is 4.12. The van der Waals surface area contributed by atoms with Gasteiger partial charge in [-0.15, -0.1) is 0 Å². The molecule has 5 heteroatoms. The second-order valence-electron chi connectivity index (χ2n) is 6.07. The lowest BCUT2D eigenvalue weighted by molar-refractivity contribution is -0.878. The summed E-state index contributed by atoms with van der Waals surface area (Å²) in [5, 5.41) is 3.55. The predicted octanol–water partition coefficient (Wildman–Crippen LogP) is 1.09. The number of aromatic amines is 1. The number of H-pyrrole nitrogens is 1. The van der Waals surface area contributed by atoms with Crippen molar-refractivity contribution in [2.24, 2.45) is 0 Å². The van der Waals surface area contributed by atoms with Gasteiger partial charge in [-0.3, -0.25) is 9.59 Å². The number of likely N-dealkylation sites (N-methyl/N-ethyl adjacent to an activating group) is 1. The Morgan fingerprint density at radius 3 is 2.70 bits per heavy atom. The number of Topliss-reactive ketones (excluding diaryl/α,β-unsaturated/α-hetero) is 1. The molecule has 2 rings (SSSR count). The number of rotatable bonds is 8. The zero-order chi connectivity index (χ0) is 16.8. The second kappa shape index (κ2) is 7.92. The maximum atomic E-state index is 12.4. The van der Waals surface area contributed by atoms with E-state index in [1.54, 1.807) is 0 Å². The third kappa shape index (κ3) is 4.20. The Morgan fingerprint density at radius 2 is 1.96 bits per heavy atom. The fourth-order valence-electron chi connectivity index (χ4n) is 2.76. The first-order valence-corrected chi connectivity index (χ1v) is 8.25. The smallest absolute Gasteiger partial charge is 0.292 e. The molecule has 1 atom stereocenters. The SMILES string of the molecule is CCCC[NH+](C)CCNC(=O)C(=O)c1c(C)[nH]c2ccccc12. The van der Waals surface area contributed by atoms with Crippen LogP contribution in [0.5, 0.6) is 0 Å². The molecule has 0 aliphatic heterocycles. The summed E-state index contributed by atoms with van der Waals surface area (Å²) in [4.78, 5) is 29.1. The number of hydrogen-bond donors (Lipinski definition) is 3. The van der Waals surface area contributed by atoms with Gasteiger partial charge >= 0.3 is 0 Å². The van der Waals surface area contributed by atoms with E-state index in [-0.39, 0.29) is 0 Å². The molecule has 1 aromatic carbocycles. The standard InChI is InChI=1S/C18H25N3O2/c1-4-5-11-21(3)12-10-19-18(23)17(22)16-13(2)20-15-9-7-6-8-14(15)16/h6-9,20H,4-5,10-12H2,1-3H3,(H,19,23)/p+1. The molecule has 1 unspecified atom stereocenters. The van der Waals surface area contributed by atoms with Crippen molar-refractivity contribution >= 4 is 22.6 Å². The van der Waals surface area contributed by atoms with Crippen LogP contribution in [0.15, 0.2) is 24.3 Å². The molecule has 0 saturated heterocycles. The van der Waals surface area contributed by atoms with Gasteiger partial charge in [-0.05, 0) is 19.4 Å². The van der Waals surface area contributed by atoms with E-state index in [9.17, 15) is 9.59 Å². The maximum absolute atomic E-state index is 12.4. The Labute approximate surface area is 137 Å². The highest BCUT2D eigenvalue weighted by molar-refractivity contribution is 6.45. The van der Waals surface area contributed by atoms with Gasteiger partial charge in [0.15, 0.2) is 0 Å². The Morgan fingerprint density at radius 1 is 1.22 bits per heavy atom. The number of nitrogens with one attached hydrogen (secondary N) is 3. The van der Waals surface area contributed by atoms with Crippen molar-refractivity contribution in [2.45, 2.75) is 26.7 Å². The van der Waals surface area contributed by atoms with Gasteiger partial charge in [0.25, 0.3) is 11.7 Å². The lowest BCUT2D eigenvalue weighted by Gasteiger charge is -2.13. The molecule has 1 aromatic heterocycles. The van der Waals surface area contributed by atoms with Crippen LogP contribution in [0.4, 0.5) is 0 Å². The number of amides is 1. The number of benzene rings is 1. The summed E-state index contributed by atoms with van der Waals surface area (Å²) in [6, 6.07) is 7.54. The number of para-hydroxylation sites is 1. The lowest BCUT2D eigenvalue weighted by Crippen LogP contribution is -3.09. The van der Waals surface area contributed by atoms with E-state index in [2.05, 4.69) is 24.3 Å². The van der Waals surface area contributed by atoms with E-state index in [0.29, 0.717) is 12.1 Å². The zero-order valence-corrected chi connectivity index (χ0v) is 14.2. The van der Waals surface area contributed by atoms with Crippen molar-refractivity contribution < 1.29 is 14.5 Å². The quantitative estimate of drug-likeness (QED) is 0.504. The molecule has 0 aliphatic rings. The molecule has 0 spiro atoms. The van der Waals surface area contributed by atoms with Gasteiger partial charge in [0, 0.05) is 16.6 Å². The fourth-order valence-corrected chi connectivity index (χ4v) is 2.76. The summed E-state index contributed by atoms with van der Waals surface area (Å²) in [5.41, 5.74) is 2.09. The number of ketones is 1. The number of fused-ring (bicyclic) bond motifs is 1. The number of quaternary nitrogens is 1. The number of hydrogen-bond acceptors (Lipinski definition) is 2. The van der Waals surface area contributed by atoms with E-state index in [0.717, 1.165) is 29.7 Å². The first kappa shape index (κ1) is 17.2. The minimum absolute atomic E-state index is 0.467. The van der Waals surface area contributed by atoms with Crippen LogP contribution < -0.4 is 10.2 Å². The van der Waals surface area contributed by atoms with Crippen LogP contribution in [0.3, 0.4) is 0 Å². The Balaban J connectivity index is 1.97. The lowest BCUT2D eigenvalue weighted by atomic mass is 10.1. The van der Waals surface area contributed by atoms with Crippen LogP contribution in [0.2, 0.25) is 0 Å². The van der Waals surface area contributed by atoms with Crippen molar-refractivity contribution in [1.82, 2.24) is 10.3 Å². The average molecular weight is 316 g/mol.